The van der Waals surface area contributed by atoms with E-state index in [9.17, 15) is 4.57 Å². The zero-order valence-corrected chi connectivity index (χ0v) is 17.8. The monoisotopic (exact) mass is 392 g/mol. The molecule has 2 rings (SSSR count). The number of anilines is 1. The van der Waals surface area contributed by atoms with Gasteiger partial charge in [0.15, 0.2) is 5.82 Å². The highest BCUT2D eigenvalue weighted by atomic mass is 31.2. The molecular weight excluding hydrogens is 363 g/mol. The number of pyridine rings is 1. The second-order valence-corrected chi connectivity index (χ2v) is 9.20. The molecule has 1 N–H and O–H groups in total. The molecule has 6 nitrogen and oxygen atoms in total. The fraction of sp³-hybridized carbons (Fsp3) is 0.450. The highest BCUT2D eigenvalue weighted by Crippen LogP contribution is 2.62. The zero-order valence-electron chi connectivity index (χ0n) is 16.9. The van der Waals surface area contributed by atoms with Crippen LogP contribution in [0.25, 0.3) is 0 Å². The lowest BCUT2D eigenvalue weighted by molar-refractivity contribution is 0.279. The number of ether oxygens (including phenoxy) is 1. The number of benzene rings is 1. The van der Waals surface area contributed by atoms with Gasteiger partial charge < -0.3 is 9.26 Å². The second-order valence-electron chi connectivity index (χ2n) is 6.76. The molecular formula is C20H29N2O4P. The van der Waals surface area contributed by atoms with E-state index in [0.717, 1.165) is 11.1 Å². The highest BCUT2D eigenvalue weighted by molar-refractivity contribution is 7.56. The van der Waals surface area contributed by atoms with Gasteiger partial charge in [0.1, 0.15) is 11.5 Å². The minimum Gasteiger partial charge on any atom is -0.497 e. The smallest absolute Gasteiger partial charge is 0.406 e. The van der Waals surface area contributed by atoms with Crippen LogP contribution in [0.15, 0.2) is 36.5 Å². The number of aryl methyl sites for hydroxylation is 1. The van der Waals surface area contributed by atoms with Crippen molar-refractivity contribution in [2.45, 2.75) is 52.6 Å². The second kappa shape index (κ2) is 8.77. The maximum Gasteiger partial charge on any atom is 0.406 e. The average Bonchev–Trinajstić information content (AvgIpc) is 2.69. The molecule has 0 aliphatic rings. The van der Waals surface area contributed by atoms with Crippen LogP contribution in [0, 0.1) is 13.8 Å². The molecule has 1 aromatic carbocycles. The van der Waals surface area contributed by atoms with Crippen LogP contribution < -0.4 is 14.7 Å². The first-order valence-corrected chi connectivity index (χ1v) is 10.6. The number of hydrogen-bond acceptors (Lipinski definition) is 6. The Morgan fingerprint density at radius 3 is 2.22 bits per heavy atom. The molecule has 2 aromatic rings. The zero-order chi connectivity index (χ0) is 20.1. The number of methoxy groups -OCH3 is 1. The van der Waals surface area contributed by atoms with Gasteiger partial charge in [-0.25, -0.2) is 15.0 Å². The number of nitrogens with one attached hydrogen (secondary N) is 1. The van der Waals surface area contributed by atoms with Crippen LogP contribution in [-0.2, 0) is 9.19 Å². The Bertz CT molecular complexity index is 804. The van der Waals surface area contributed by atoms with Crippen LogP contribution in [0.5, 0.6) is 11.5 Å². The Hall–Kier alpha value is -2.04. The average molecular weight is 392 g/mol. The van der Waals surface area contributed by atoms with Crippen LogP contribution in [0.1, 0.15) is 44.7 Å². The number of aromatic nitrogens is 1. The highest BCUT2D eigenvalue weighted by Gasteiger charge is 2.47. The van der Waals surface area contributed by atoms with E-state index in [1.54, 1.807) is 37.6 Å². The molecule has 1 unspecified atom stereocenters. The fourth-order valence-electron chi connectivity index (χ4n) is 2.49. The Labute approximate surface area is 161 Å². The molecule has 0 radical (unpaired) electrons. The molecule has 148 valence electrons. The third-order valence-electron chi connectivity index (χ3n) is 5.21. The largest absolute Gasteiger partial charge is 0.497 e. The Balaban J connectivity index is 2.31. The number of hydrogen-bond donors (Lipinski definition) is 1. The molecule has 27 heavy (non-hydrogen) atoms. The normalized spacial score (nSPS) is 13.7. The predicted octanol–water partition coefficient (Wildman–Crippen LogP) is 5.90. The molecule has 0 aliphatic carbocycles. The Morgan fingerprint density at radius 1 is 1.07 bits per heavy atom. The molecule has 7 heteroatoms. The summed E-state index contributed by atoms with van der Waals surface area (Å²) in [6.07, 6.45) is 2.96. The van der Waals surface area contributed by atoms with Crippen molar-refractivity contribution in [2.75, 3.05) is 12.6 Å². The van der Waals surface area contributed by atoms with E-state index in [2.05, 4.69) is 10.5 Å². The van der Waals surface area contributed by atoms with Gasteiger partial charge in [-0.3, -0.25) is 0 Å². The van der Waals surface area contributed by atoms with Crippen LogP contribution in [0.3, 0.4) is 0 Å². The summed E-state index contributed by atoms with van der Waals surface area (Å²) in [5, 5.41) is -0.655. The molecule has 0 saturated heterocycles. The topological polar surface area (TPSA) is 69.7 Å². The van der Waals surface area contributed by atoms with Gasteiger partial charge in [-0.15, -0.1) is 0 Å². The maximum atomic E-state index is 13.8. The molecule has 0 fully saturated rings. The standard InChI is InChI=1S/C20H29N2O4P/c1-7-20(5,8-2)27(23,25-18-11-9-17(24-6)10-12-18)26-22-19-16(4)15(3)13-14-21-19/h9-14H,7-8H2,1-6H3,(H,21,22). The first kappa shape index (κ1) is 21.3. The van der Waals surface area contributed by atoms with E-state index in [0.29, 0.717) is 30.2 Å². The predicted molar refractivity (Wildman–Crippen MR) is 109 cm³/mol. The molecule has 0 spiro atoms. The quantitative estimate of drug-likeness (QED) is 0.423. The summed E-state index contributed by atoms with van der Waals surface area (Å²) < 4.78 is 30.7. The van der Waals surface area contributed by atoms with Crippen LogP contribution >= 0.6 is 7.60 Å². The molecule has 0 bridgehead atoms. The van der Waals surface area contributed by atoms with Gasteiger partial charge in [-0.2, -0.15) is 4.62 Å². The minimum atomic E-state index is -3.58. The van der Waals surface area contributed by atoms with Gasteiger partial charge in [0.25, 0.3) is 0 Å². The summed E-state index contributed by atoms with van der Waals surface area (Å²) in [5.41, 5.74) is 4.79. The van der Waals surface area contributed by atoms with Crippen molar-refractivity contribution in [1.82, 2.24) is 4.98 Å². The SMILES string of the molecule is CCC(C)(CC)P(=O)(ONc1nccc(C)c1C)Oc1ccc(OC)cc1. The van der Waals surface area contributed by atoms with Crippen LogP contribution in [-0.4, -0.2) is 17.2 Å². The van der Waals surface area contributed by atoms with E-state index in [1.165, 1.54) is 0 Å². The van der Waals surface area contributed by atoms with Gasteiger partial charge in [-0.05, 0) is 75.1 Å². The van der Waals surface area contributed by atoms with Crippen molar-refractivity contribution >= 4 is 13.4 Å². The van der Waals surface area contributed by atoms with Gasteiger partial charge in [-0.1, -0.05) is 13.8 Å². The van der Waals surface area contributed by atoms with Crippen molar-refractivity contribution < 1.29 is 18.5 Å². The van der Waals surface area contributed by atoms with Gasteiger partial charge in [0, 0.05) is 6.20 Å². The summed E-state index contributed by atoms with van der Waals surface area (Å²) in [5.74, 6) is 1.69. The number of rotatable bonds is 9. The van der Waals surface area contributed by atoms with Crippen molar-refractivity contribution in [3.63, 3.8) is 0 Å². The summed E-state index contributed by atoms with van der Waals surface area (Å²) in [6, 6.07) is 8.87. The van der Waals surface area contributed by atoms with E-state index in [-0.39, 0.29) is 0 Å². The first-order chi connectivity index (χ1) is 12.8. The minimum absolute atomic E-state index is 0.461. The third kappa shape index (κ3) is 4.63. The lowest BCUT2D eigenvalue weighted by Gasteiger charge is -2.34. The van der Waals surface area contributed by atoms with Crippen molar-refractivity contribution in [3.8, 4) is 11.5 Å². The molecule has 0 saturated carbocycles. The molecule has 1 aromatic heterocycles. The van der Waals surface area contributed by atoms with Crippen LogP contribution in [0.2, 0.25) is 0 Å². The molecule has 0 amide bonds. The number of nitrogens with zero attached hydrogens (tertiary/aromatic N) is 1. The van der Waals surface area contributed by atoms with Crippen molar-refractivity contribution in [1.29, 1.82) is 0 Å². The Morgan fingerprint density at radius 2 is 1.67 bits per heavy atom. The first-order valence-electron chi connectivity index (χ1n) is 9.09. The third-order valence-corrected chi connectivity index (χ3v) is 7.94. The summed E-state index contributed by atoms with van der Waals surface area (Å²) in [4.78, 5) is 4.28. The van der Waals surface area contributed by atoms with E-state index in [4.69, 9.17) is 13.9 Å². The van der Waals surface area contributed by atoms with Crippen molar-refractivity contribution in [3.05, 3.63) is 47.7 Å². The summed E-state index contributed by atoms with van der Waals surface area (Å²) in [6.45, 7) is 9.79. The molecule has 1 heterocycles. The fourth-order valence-corrected chi connectivity index (χ4v) is 4.35. The molecule has 1 atom stereocenters. The van der Waals surface area contributed by atoms with E-state index in [1.807, 2.05) is 40.7 Å². The van der Waals surface area contributed by atoms with Crippen LogP contribution in [0.4, 0.5) is 5.82 Å². The van der Waals surface area contributed by atoms with Crippen molar-refractivity contribution in [2.24, 2.45) is 0 Å². The lowest BCUT2D eigenvalue weighted by Crippen LogP contribution is -2.28. The Kier molecular flexibility index (Phi) is 6.90. The van der Waals surface area contributed by atoms with E-state index < -0.39 is 12.8 Å². The van der Waals surface area contributed by atoms with Gasteiger partial charge >= 0.3 is 7.60 Å². The maximum absolute atomic E-state index is 13.8. The van der Waals surface area contributed by atoms with Gasteiger partial charge in [0.05, 0.1) is 12.3 Å². The van der Waals surface area contributed by atoms with Gasteiger partial charge in [0.2, 0.25) is 0 Å². The summed E-state index contributed by atoms with van der Waals surface area (Å²) >= 11 is 0. The van der Waals surface area contributed by atoms with E-state index >= 15 is 0 Å². The summed E-state index contributed by atoms with van der Waals surface area (Å²) in [7, 11) is -1.99. The molecule has 0 aliphatic heterocycles. The lowest BCUT2D eigenvalue weighted by atomic mass is 10.1.